The molecule has 0 aromatic carbocycles. The van der Waals surface area contributed by atoms with Crippen molar-refractivity contribution in [3.05, 3.63) is 18.0 Å². The second-order valence-electron chi connectivity index (χ2n) is 4.90. The van der Waals surface area contributed by atoms with E-state index in [9.17, 15) is 0 Å². The van der Waals surface area contributed by atoms with Gasteiger partial charge in [0, 0.05) is 38.1 Å². The highest BCUT2D eigenvalue weighted by Crippen LogP contribution is 2.33. The van der Waals surface area contributed by atoms with Gasteiger partial charge in [0.05, 0.1) is 0 Å². The summed E-state index contributed by atoms with van der Waals surface area (Å²) in [5.74, 6) is 1.78. The van der Waals surface area contributed by atoms with E-state index in [-0.39, 0.29) is 0 Å². The van der Waals surface area contributed by atoms with E-state index in [0.29, 0.717) is 6.04 Å². The van der Waals surface area contributed by atoms with Crippen LogP contribution in [0.5, 0.6) is 0 Å². The molecule has 1 saturated heterocycles. The highest BCUT2D eigenvalue weighted by molar-refractivity contribution is 5.31. The molecule has 3 rings (SSSR count). The van der Waals surface area contributed by atoms with Crippen LogP contribution in [0.1, 0.15) is 18.4 Å². The van der Waals surface area contributed by atoms with Gasteiger partial charge in [-0.1, -0.05) is 0 Å². The molecule has 1 aliphatic carbocycles. The van der Waals surface area contributed by atoms with Crippen LogP contribution in [0.3, 0.4) is 0 Å². The van der Waals surface area contributed by atoms with Crippen molar-refractivity contribution in [1.82, 2.24) is 15.3 Å². The smallest absolute Gasteiger partial charge is 0.225 e. The first kappa shape index (κ1) is 10.0. The van der Waals surface area contributed by atoms with E-state index >= 15 is 0 Å². The first-order valence-electron chi connectivity index (χ1n) is 6.10. The molecule has 1 N–H and O–H groups in total. The van der Waals surface area contributed by atoms with Crippen LogP contribution in [0.15, 0.2) is 12.4 Å². The lowest BCUT2D eigenvalue weighted by Gasteiger charge is -2.33. The molecular formula is C12H18N4. The second-order valence-corrected chi connectivity index (χ2v) is 4.90. The van der Waals surface area contributed by atoms with Gasteiger partial charge in [0.15, 0.2) is 0 Å². The molecule has 1 aromatic rings. The fraction of sp³-hybridized carbons (Fsp3) is 0.667. The van der Waals surface area contributed by atoms with Crippen LogP contribution in [-0.4, -0.2) is 35.6 Å². The minimum absolute atomic E-state index is 0.652. The third-order valence-electron chi connectivity index (χ3n) is 3.45. The SMILES string of the molecule is Cc1cnc(N2CCNC(C3CC3)C2)nc1. The Morgan fingerprint density at radius 2 is 2.06 bits per heavy atom. The predicted octanol–water partition coefficient (Wildman–Crippen LogP) is 0.973. The van der Waals surface area contributed by atoms with Crippen molar-refractivity contribution in [2.75, 3.05) is 24.5 Å². The van der Waals surface area contributed by atoms with E-state index in [0.717, 1.165) is 37.1 Å². The molecule has 0 spiro atoms. The van der Waals surface area contributed by atoms with Gasteiger partial charge >= 0.3 is 0 Å². The molecule has 1 unspecified atom stereocenters. The Morgan fingerprint density at radius 3 is 2.75 bits per heavy atom. The fourth-order valence-electron chi connectivity index (χ4n) is 2.32. The number of hydrogen-bond donors (Lipinski definition) is 1. The average molecular weight is 218 g/mol. The maximum atomic E-state index is 4.40. The molecule has 0 radical (unpaired) electrons. The normalized spacial score (nSPS) is 25.8. The maximum absolute atomic E-state index is 4.40. The zero-order chi connectivity index (χ0) is 11.0. The minimum Gasteiger partial charge on any atom is -0.338 e. The first-order chi connectivity index (χ1) is 7.83. The van der Waals surface area contributed by atoms with Gasteiger partial charge in [0.2, 0.25) is 5.95 Å². The molecule has 1 atom stereocenters. The summed E-state index contributed by atoms with van der Waals surface area (Å²) in [6, 6.07) is 0.652. The number of nitrogens with one attached hydrogen (secondary N) is 1. The van der Waals surface area contributed by atoms with Crippen molar-refractivity contribution in [1.29, 1.82) is 0 Å². The van der Waals surface area contributed by atoms with Crippen molar-refractivity contribution in [3.63, 3.8) is 0 Å². The number of rotatable bonds is 2. The van der Waals surface area contributed by atoms with Gasteiger partial charge in [0.25, 0.3) is 0 Å². The number of nitrogens with zero attached hydrogens (tertiary/aromatic N) is 3. The number of piperazine rings is 1. The van der Waals surface area contributed by atoms with Crippen LogP contribution in [-0.2, 0) is 0 Å². The molecule has 0 amide bonds. The van der Waals surface area contributed by atoms with E-state index in [1.807, 2.05) is 19.3 Å². The largest absolute Gasteiger partial charge is 0.338 e. The molecule has 1 aromatic heterocycles. The molecule has 4 heteroatoms. The Morgan fingerprint density at radius 1 is 1.31 bits per heavy atom. The summed E-state index contributed by atoms with van der Waals surface area (Å²) in [6.45, 7) is 5.16. The molecule has 2 heterocycles. The number of anilines is 1. The molecule has 16 heavy (non-hydrogen) atoms. The zero-order valence-electron chi connectivity index (χ0n) is 9.69. The first-order valence-corrected chi connectivity index (χ1v) is 6.10. The molecule has 2 aliphatic rings. The summed E-state index contributed by atoms with van der Waals surface area (Å²) in [5, 5.41) is 3.59. The van der Waals surface area contributed by atoms with Crippen molar-refractivity contribution < 1.29 is 0 Å². The van der Waals surface area contributed by atoms with Gasteiger partial charge < -0.3 is 10.2 Å². The zero-order valence-corrected chi connectivity index (χ0v) is 9.69. The molecule has 4 nitrogen and oxygen atoms in total. The van der Waals surface area contributed by atoms with E-state index < -0.39 is 0 Å². The van der Waals surface area contributed by atoms with Crippen LogP contribution < -0.4 is 10.2 Å². The standard InChI is InChI=1S/C12H18N4/c1-9-6-14-12(15-7-9)16-5-4-13-11(8-16)10-2-3-10/h6-7,10-11,13H,2-5,8H2,1H3. The number of aromatic nitrogens is 2. The van der Waals surface area contributed by atoms with E-state index in [2.05, 4.69) is 20.2 Å². The van der Waals surface area contributed by atoms with Gasteiger partial charge in [-0.2, -0.15) is 0 Å². The van der Waals surface area contributed by atoms with Crippen LogP contribution in [0.25, 0.3) is 0 Å². The number of hydrogen-bond acceptors (Lipinski definition) is 4. The second kappa shape index (κ2) is 4.01. The van der Waals surface area contributed by atoms with Crippen molar-refractivity contribution in [3.8, 4) is 0 Å². The van der Waals surface area contributed by atoms with Gasteiger partial charge in [-0.15, -0.1) is 0 Å². The van der Waals surface area contributed by atoms with Gasteiger partial charge in [0.1, 0.15) is 0 Å². The van der Waals surface area contributed by atoms with Crippen molar-refractivity contribution in [2.24, 2.45) is 5.92 Å². The third-order valence-corrected chi connectivity index (χ3v) is 3.45. The minimum atomic E-state index is 0.652. The predicted molar refractivity (Wildman–Crippen MR) is 63.5 cm³/mol. The summed E-state index contributed by atoms with van der Waals surface area (Å²) in [6.07, 6.45) is 6.58. The van der Waals surface area contributed by atoms with Crippen molar-refractivity contribution >= 4 is 5.95 Å². The summed E-state index contributed by atoms with van der Waals surface area (Å²) >= 11 is 0. The van der Waals surface area contributed by atoms with Crippen molar-refractivity contribution in [2.45, 2.75) is 25.8 Å². The van der Waals surface area contributed by atoms with Crippen LogP contribution >= 0.6 is 0 Å². The molecule has 2 fully saturated rings. The Bertz CT molecular complexity index is 358. The van der Waals surface area contributed by atoms with Crippen LogP contribution in [0.4, 0.5) is 5.95 Å². The Hall–Kier alpha value is -1.16. The average Bonchev–Trinajstić information content (AvgIpc) is 3.14. The highest BCUT2D eigenvalue weighted by Gasteiger charge is 2.34. The van der Waals surface area contributed by atoms with Gasteiger partial charge in [-0.3, -0.25) is 0 Å². The van der Waals surface area contributed by atoms with Gasteiger partial charge in [-0.25, -0.2) is 9.97 Å². The fourth-order valence-corrected chi connectivity index (χ4v) is 2.32. The molecule has 1 aliphatic heterocycles. The summed E-state index contributed by atoms with van der Waals surface area (Å²) in [5.41, 5.74) is 1.12. The van der Waals surface area contributed by atoms with Crippen LogP contribution in [0.2, 0.25) is 0 Å². The Balaban J connectivity index is 1.71. The lowest BCUT2D eigenvalue weighted by atomic mass is 10.1. The third kappa shape index (κ3) is 2.02. The molecule has 0 bridgehead atoms. The van der Waals surface area contributed by atoms with Crippen LogP contribution in [0, 0.1) is 12.8 Å². The summed E-state index contributed by atoms with van der Waals surface area (Å²) < 4.78 is 0. The quantitative estimate of drug-likeness (QED) is 0.803. The van der Waals surface area contributed by atoms with E-state index in [1.54, 1.807) is 0 Å². The topological polar surface area (TPSA) is 41.1 Å². The van der Waals surface area contributed by atoms with Gasteiger partial charge in [-0.05, 0) is 31.2 Å². The lowest BCUT2D eigenvalue weighted by molar-refractivity contribution is 0.415. The molecular weight excluding hydrogens is 200 g/mol. The highest BCUT2D eigenvalue weighted by atomic mass is 15.3. The molecule has 86 valence electrons. The Labute approximate surface area is 96.1 Å². The van der Waals surface area contributed by atoms with E-state index in [4.69, 9.17) is 0 Å². The molecule has 1 saturated carbocycles. The Kier molecular flexibility index (Phi) is 2.52. The monoisotopic (exact) mass is 218 g/mol. The lowest BCUT2D eigenvalue weighted by Crippen LogP contribution is -2.52. The summed E-state index contributed by atoms with van der Waals surface area (Å²) in [7, 11) is 0. The van der Waals surface area contributed by atoms with E-state index in [1.165, 1.54) is 12.8 Å². The maximum Gasteiger partial charge on any atom is 0.225 e. The number of aryl methyl sites for hydroxylation is 1. The summed E-state index contributed by atoms with van der Waals surface area (Å²) in [4.78, 5) is 11.1.